The Kier molecular flexibility index (Phi) is 7.91. The second kappa shape index (κ2) is 11.5. The molecule has 36 heavy (non-hydrogen) atoms. The third kappa shape index (κ3) is 5.92. The molecule has 0 saturated carbocycles. The van der Waals surface area contributed by atoms with Crippen LogP contribution in [0.5, 0.6) is 17.2 Å². The number of fused-ring (bicyclic) bond motifs is 2. The molecular weight excluding hydrogens is 464 g/mol. The van der Waals surface area contributed by atoms with Crippen LogP contribution in [0.25, 0.3) is 0 Å². The lowest BCUT2D eigenvalue weighted by Gasteiger charge is -2.44. The molecular formula is C27H34N2O7. The van der Waals surface area contributed by atoms with Gasteiger partial charge in [0.25, 0.3) is 0 Å². The number of para-hydroxylation sites is 1. The zero-order valence-electron chi connectivity index (χ0n) is 20.6. The fraction of sp³-hybridized carbons (Fsp3) is 0.519. The molecule has 0 spiro atoms. The molecule has 0 bridgehead atoms. The lowest BCUT2D eigenvalue weighted by molar-refractivity contribution is -0.158. The molecule has 2 aromatic rings. The van der Waals surface area contributed by atoms with Gasteiger partial charge in [0, 0.05) is 31.2 Å². The average molecular weight is 499 g/mol. The average Bonchev–Trinajstić information content (AvgIpc) is 3.34. The third-order valence-electron chi connectivity index (χ3n) is 6.99. The van der Waals surface area contributed by atoms with E-state index in [1.807, 2.05) is 42.5 Å². The third-order valence-corrected chi connectivity index (χ3v) is 6.99. The lowest BCUT2D eigenvalue weighted by Crippen LogP contribution is -2.55. The number of hydrogen-bond donors (Lipinski definition) is 2. The first-order chi connectivity index (χ1) is 17.6. The lowest BCUT2D eigenvalue weighted by atomic mass is 9.94. The first kappa shape index (κ1) is 24.8. The van der Waals surface area contributed by atoms with Gasteiger partial charge in [-0.2, -0.15) is 0 Å². The Bertz CT molecular complexity index is 1050. The van der Waals surface area contributed by atoms with Gasteiger partial charge in [0.05, 0.1) is 45.1 Å². The largest absolute Gasteiger partial charge is 0.496 e. The van der Waals surface area contributed by atoms with Crippen molar-refractivity contribution in [3.05, 3.63) is 53.6 Å². The molecule has 0 radical (unpaired) electrons. The summed E-state index contributed by atoms with van der Waals surface area (Å²) in [5, 5.41) is 13.4. The summed E-state index contributed by atoms with van der Waals surface area (Å²) in [6.45, 7) is 2.44. The molecule has 2 N–H and O–H groups in total. The summed E-state index contributed by atoms with van der Waals surface area (Å²) >= 11 is 0. The summed E-state index contributed by atoms with van der Waals surface area (Å²) < 4.78 is 28.5. The summed E-state index contributed by atoms with van der Waals surface area (Å²) in [5.41, 5.74) is 2.02. The van der Waals surface area contributed by atoms with Gasteiger partial charge in [-0.3, -0.25) is 9.69 Å². The van der Waals surface area contributed by atoms with Crippen LogP contribution in [0.2, 0.25) is 0 Å². The van der Waals surface area contributed by atoms with E-state index in [2.05, 4.69) is 10.2 Å². The highest BCUT2D eigenvalue weighted by atomic mass is 16.7. The van der Waals surface area contributed by atoms with Crippen LogP contribution in [0.1, 0.15) is 30.4 Å². The Morgan fingerprint density at radius 3 is 2.89 bits per heavy atom. The van der Waals surface area contributed by atoms with E-state index < -0.39 is 6.10 Å². The number of carbonyl (C=O) groups excluding carboxylic acids is 1. The van der Waals surface area contributed by atoms with E-state index in [4.69, 9.17) is 23.7 Å². The number of carbonyl (C=O) groups is 1. The number of aliphatic hydroxyl groups excluding tert-OH is 1. The van der Waals surface area contributed by atoms with Gasteiger partial charge in [-0.25, -0.2) is 0 Å². The first-order valence-corrected chi connectivity index (χ1v) is 12.5. The van der Waals surface area contributed by atoms with Gasteiger partial charge >= 0.3 is 0 Å². The minimum atomic E-state index is -0.571. The number of nitrogens with one attached hydrogen (secondary N) is 1. The predicted molar refractivity (Wildman–Crippen MR) is 131 cm³/mol. The van der Waals surface area contributed by atoms with Crippen LogP contribution in [0, 0.1) is 0 Å². The molecule has 0 aliphatic carbocycles. The van der Waals surface area contributed by atoms with Crippen molar-refractivity contribution in [1.82, 2.24) is 10.2 Å². The standard InChI is InChI=1S/C27H34N2O7/c1-32-23-5-3-2-4-19(23)12-28-27(31)11-21-7-8-22-26(36-21)16-33-15-20(30)14-29(22)13-18-6-9-24-25(10-18)35-17-34-24/h2-6,9-10,20-22,26,30H,7-8,11-17H2,1H3,(H,28,31)/t20-,21+,22+,26-/m0/s1. The highest BCUT2D eigenvalue weighted by molar-refractivity contribution is 5.76. The Morgan fingerprint density at radius 2 is 2.00 bits per heavy atom. The molecule has 3 aliphatic rings. The number of amides is 1. The van der Waals surface area contributed by atoms with Crippen LogP contribution < -0.4 is 19.5 Å². The Morgan fingerprint density at radius 1 is 1.14 bits per heavy atom. The summed E-state index contributed by atoms with van der Waals surface area (Å²) in [7, 11) is 1.62. The van der Waals surface area contributed by atoms with Crippen molar-refractivity contribution in [1.29, 1.82) is 0 Å². The van der Waals surface area contributed by atoms with Crippen molar-refractivity contribution < 1.29 is 33.6 Å². The predicted octanol–water partition coefficient (Wildman–Crippen LogP) is 2.24. The van der Waals surface area contributed by atoms with Crippen molar-refractivity contribution in [2.75, 3.05) is 33.7 Å². The van der Waals surface area contributed by atoms with E-state index in [0.29, 0.717) is 32.7 Å². The van der Waals surface area contributed by atoms with Crippen LogP contribution >= 0.6 is 0 Å². The Balaban J connectivity index is 1.19. The topological polar surface area (TPSA) is 98.7 Å². The Labute approximate surface area is 211 Å². The van der Waals surface area contributed by atoms with E-state index >= 15 is 0 Å². The van der Waals surface area contributed by atoms with Crippen molar-refractivity contribution in [2.45, 2.75) is 56.7 Å². The monoisotopic (exact) mass is 498 g/mol. The smallest absolute Gasteiger partial charge is 0.231 e. The number of hydrogen-bond acceptors (Lipinski definition) is 8. The fourth-order valence-electron chi connectivity index (χ4n) is 5.22. The molecule has 0 aromatic heterocycles. The minimum Gasteiger partial charge on any atom is -0.496 e. The molecule has 9 nitrogen and oxygen atoms in total. The summed E-state index contributed by atoms with van der Waals surface area (Å²) in [4.78, 5) is 15.0. The molecule has 2 saturated heterocycles. The van der Waals surface area contributed by atoms with Gasteiger partial charge in [-0.15, -0.1) is 0 Å². The first-order valence-electron chi connectivity index (χ1n) is 12.5. The zero-order valence-corrected chi connectivity index (χ0v) is 20.6. The van der Waals surface area contributed by atoms with Gasteiger partial charge in [0.1, 0.15) is 5.75 Å². The van der Waals surface area contributed by atoms with Gasteiger partial charge in [0.15, 0.2) is 11.5 Å². The number of nitrogens with zero attached hydrogens (tertiary/aromatic N) is 1. The maximum atomic E-state index is 12.7. The molecule has 9 heteroatoms. The molecule has 194 valence electrons. The SMILES string of the molecule is COc1ccccc1CNC(=O)C[C@H]1CC[C@@H]2[C@H](COC[C@@H](O)CN2Cc2ccc3c(c2)OCO3)O1. The van der Waals surface area contributed by atoms with Gasteiger partial charge in [-0.1, -0.05) is 24.3 Å². The van der Waals surface area contributed by atoms with Crippen molar-refractivity contribution >= 4 is 5.91 Å². The van der Waals surface area contributed by atoms with Crippen LogP contribution in [0.3, 0.4) is 0 Å². The van der Waals surface area contributed by atoms with Crippen LogP contribution in [-0.2, 0) is 27.4 Å². The highest BCUT2D eigenvalue weighted by Crippen LogP contribution is 2.34. The number of benzene rings is 2. The maximum Gasteiger partial charge on any atom is 0.231 e. The van der Waals surface area contributed by atoms with Crippen LogP contribution in [0.15, 0.2) is 42.5 Å². The molecule has 3 aliphatic heterocycles. The van der Waals surface area contributed by atoms with Gasteiger partial charge < -0.3 is 34.1 Å². The van der Waals surface area contributed by atoms with E-state index in [-0.39, 0.29) is 37.6 Å². The second-order valence-corrected chi connectivity index (χ2v) is 9.54. The number of rotatable bonds is 7. The fourth-order valence-corrected chi connectivity index (χ4v) is 5.22. The number of β-amino-alcohol motifs (C(OH)–C–C–N with tert-alkyl or cyclic N) is 1. The van der Waals surface area contributed by atoms with E-state index in [1.54, 1.807) is 7.11 Å². The molecule has 2 fully saturated rings. The quantitative estimate of drug-likeness (QED) is 0.600. The molecule has 0 unspecified atom stereocenters. The van der Waals surface area contributed by atoms with E-state index in [1.165, 1.54) is 0 Å². The number of ether oxygens (including phenoxy) is 5. The number of methoxy groups -OCH3 is 1. The summed E-state index contributed by atoms with van der Waals surface area (Å²) in [6.07, 6.45) is 0.991. The Hall–Kier alpha value is -2.85. The van der Waals surface area contributed by atoms with Crippen molar-refractivity contribution in [2.24, 2.45) is 0 Å². The van der Waals surface area contributed by atoms with Gasteiger partial charge in [-0.05, 0) is 36.6 Å². The second-order valence-electron chi connectivity index (χ2n) is 9.54. The number of aliphatic hydroxyl groups is 1. The van der Waals surface area contributed by atoms with Crippen molar-refractivity contribution in [3.63, 3.8) is 0 Å². The maximum absolute atomic E-state index is 12.7. The zero-order chi connectivity index (χ0) is 24.9. The molecule has 1 amide bonds. The van der Waals surface area contributed by atoms with Crippen LogP contribution in [0.4, 0.5) is 0 Å². The van der Waals surface area contributed by atoms with Gasteiger partial charge in [0.2, 0.25) is 12.7 Å². The van der Waals surface area contributed by atoms with Crippen LogP contribution in [-0.4, -0.2) is 73.9 Å². The molecule has 5 rings (SSSR count). The minimum absolute atomic E-state index is 0.0521. The molecule has 2 aromatic carbocycles. The molecule has 3 heterocycles. The normalized spacial score (nSPS) is 25.9. The molecule has 4 atom stereocenters. The summed E-state index contributed by atoms with van der Waals surface area (Å²) in [6, 6.07) is 13.7. The van der Waals surface area contributed by atoms with E-state index in [0.717, 1.165) is 41.2 Å². The van der Waals surface area contributed by atoms with E-state index in [9.17, 15) is 9.90 Å². The van der Waals surface area contributed by atoms with Crippen molar-refractivity contribution in [3.8, 4) is 17.2 Å². The summed E-state index contributed by atoms with van der Waals surface area (Å²) in [5.74, 6) is 2.21. The highest BCUT2D eigenvalue weighted by Gasteiger charge is 2.38.